The van der Waals surface area contributed by atoms with Crippen molar-refractivity contribution in [3.63, 3.8) is 0 Å². The highest BCUT2D eigenvalue weighted by Crippen LogP contribution is 2.47. The summed E-state index contributed by atoms with van der Waals surface area (Å²) in [4.78, 5) is 26.3. The second kappa shape index (κ2) is 21.8. The molecule has 1 aliphatic rings. The van der Waals surface area contributed by atoms with Crippen LogP contribution >= 0.6 is 0 Å². The fraction of sp³-hybridized carbons (Fsp3) is 0.0111. The molecule has 476 valence electrons. The lowest BCUT2D eigenvalue weighted by atomic mass is 9.93. The van der Waals surface area contributed by atoms with Gasteiger partial charge in [0.1, 0.15) is 79.0 Å². The fourth-order valence-electron chi connectivity index (χ4n) is 15.4. The van der Waals surface area contributed by atoms with Gasteiger partial charge in [-0.05, 0) is 107 Å². The first-order valence-electron chi connectivity index (χ1n) is 33.9. The molecule has 1 atom stereocenters. The highest BCUT2D eigenvalue weighted by Gasteiger charge is 2.28. The Morgan fingerprint density at radius 3 is 1.33 bits per heavy atom. The molecule has 0 amide bonds. The molecule has 0 spiro atoms. The molecule has 0 radical (unpaired) electrons. The van der Waals surface area contributed by atoms with Crippen LogP contribution in [0.3, 0.4) is 0 Å². The van der Waals surface area contributed by atoms with Gasteiger partial charge in [-0.25, -0.2) is 24.9 Å². The minimum absolute atomic E-state index is 0.465. The Morgan fingerprint density at radius 2 is 0.667 bits per heavy atom. The van der Waals surface area contributed by atoms with Gasteiger partial charge in [-0.1, -0.05) is 206 Å². The van der Waals surface area contributed by atoms with Gasteiger partial charge >= 0.3 is 0 Å². The Hall–Kier alpha value is -14.0. The first-order chi connectivity index (χ1) is 50.5. The predicted octanol–water partition coefficient (Wildman–Crippen LogP) is 23.8. The van der Waals surface area contributed by atoms with E-state index in [0.717, 1.165) is 182 Å². The summed E-state index contributed by atoms with van der Waals surface area (Å²) in [5.41, 5.74) is 20.0. The van der Waals surface area contributed by atoms with E-state index in [2.05, 4.69) is 169 Å². The van der Waals surface area contributed by atoms with Crippen LogP contribution in [0.1, 0.15) is 22.9 Å². The van der Waals surface area contributed by atoms with E-state index in [1.807, 2.05) is 127 Å². The van der Waals surface area contributed by atoms with Crippen LogP contribution in [0.2, 0.25) is 0 Å². The molecule has 0 aliphatic carbocycles. The molecule has 102 heavy (non-hydrogen) atoms. The number of hydrogen-bond donors (Lipinski definition) is 1. The Labute approximate surface area is 578 Å². The summed E-state index contributed by atoms with van der Waals surface area (Å²) in [6.07, 6.45) is -0.468. The Kier molecular flexibility index (Phi) is 12.0. The number of hydrogen-bond acceptors (Lipinski definition) is 12. The Bertz CT molecular complexity index is 7190. The molecule has 1 N–H and O–H groups in total. The van der Waals surface area contributed by atoms with Gasteiger partial charge in [0.2, 0.25) is 0 Å². The topological polar surface area (TPSA) is 154 Å². The van der Waals surface area contributed by atoms with Crippen molar-refractivity contribution in [3.8, 4) is 67.5 Å². The van der Waals surface area contributed by atoms with Crippen LogP contribution in [-0.2, 0) is 0 Å². The molecule has 8 heterocycles. The summed E-state index contributed by atoms with van der Waals surface area (Å²) in [5, 5.41) is 15.7. The van der Waals surface area contributed by atoms with Crippen molar-refractivity contribution < 1.29 is 26.5 Å². The molecule has 1 aliphatic heterocycles. The van der Waals surface area contributed by atoms with Crippen LogP contribution in [-0.4, -0.2) is 26.6 Å². The monoisotopic (exact) mass is 1310 g/mol. The molecular formula is C90H50N6O6. The van der Waals surface area contributed by atoms with Crippen LogP contribution in [0.5, 0.6) is 0 Å². The standard InChI is InChI=1S/C90H50N6O6/c1-3-17-49(18-4-1)85-91-87(54-37-41-60-58-21-7-10-32-72(58)97-76(60)48-54)95-88(92-85)68-29-14-26-64-62-40-36-53(47-78(62)102-81(64)68)57-43-42-55(79-67-23-9-12-34-74(67)100-84(57)79)51-38-44-75-71(45-51)66-28-16-31-70(83(66)99-75)90-94-86(50-19-5-2-6-20-50)93-89(96-90)69-30-15-27-65-61-39-35-52(46-77(61)101-82(65)69)56-24-13-25-63-59-22-8-11-33-73(59)98-80(56)63/h1-48,87H,(H,91,92,95). The Balaban J connectivity index is 0.632. The SMILES string of the molecule is c1ccc(C2=NC(c3cccc4c3oc3cc(-c5ccc(-c6ccc7oc8c(-c9nc(-c%10ccccc%10)nc(-c%10cccc%11c%10oc%10cc(-c%12cccc%13c%12oc%12ccccc%12%13)ccc%10%11)n9)cccc8c7c6)c6c5oc5ccccc56)ccc34)=NC(c3ccc4c(c3)oc3ccccc34)N2)cc1. The smallest absolute Gasteiger partial charge is 0.167 e. The minimum Gasteiger partial charge on any atom is -0.456 e. The number of amidine groups is 2. The molecular weight excluding hydrogens is 1260 g/mol. The molecule has 1 unspecified atom stereocenters. The second-order valence-electron chi connectivity index (χ2n) is 26.1. The van der Waals surface area contributed by atoms with E-state index >= 15 is 0 Å². The largest absolute Gasteiger partial charge is 0.456 e. The van der Waals surface area contributed by atoms with E-state index in [1.165, 1.54) is 0 Å². The lowest BCUT2D eigenvalue weighted by Crippen LogP contribution is -2.33. The van der Waals surface area contributed by atoms with E-state index in [9.17, 15) is 0 Å². The molecule has 22 rings (SSSR count). The molecule has 7 aromatic heterocycles. The van der Waals surface area contributed by atoms with Crippen molar-refractivity contribution in [2.45, 2.75) is 6.17 Å². The minimum atomic E-state index is -0.468. The van der Waals surface area contributed by atoms with Crippen LogP contribution in [0.4, 0.5) is 0 Å². The van der Waals surface area contributed by atoms with Crippen molar-refractivity contribution >= 4 is 143 Å². The van der Waals surface area contributed by atoms with Crippen molar-refractivity contribution in [2.75, 3.05) is 0 Å². The Morgan fingerprint density at radius 1 is 0.245 bits per heavy atom. The summed E-state index contributed by atoms with van der Waals surface area (Å²) in [7, 11) is 0. The normalized spacial score (nSPS) is 13.6. The fourth-order valence-corrected chi connectivity index (χ4v) is 15.4. The molecule has 0 bridgehead atoms. The summed E-state index contributed by atoms with van der Waals surface area (Å²) in [5.74, 6) is 2.72. The van der Waals surface area contributed by atoms with Gasteiger partial charge < -0.3 is 31.8 Å². The van der Waals surface area contributed by atoms with Gasteiger partial charge in [0.25, 0.3) is 0 Å². The molecule has 14 aromatic carbocycles. The molecule has 0 fully saturated rings. The number of aromatic nitrogens is 3. The zero-order valence-electron chi connectivity index (χ0n) is 54.0. The van der Waals surface area contributed by atoms with E-state index < -0.39 is 6.17 Å². The highest BCUT2D eigenvalue weighted by molar-refractivity contribution is 6.22. The third kappa shape index (κ3) is 8.66. The summed E-state index contributed by atoms with van der Waals surface area (Å²) in [6, 6.07) is 99.4. The van der Waals surface area contributed by atoms with E-state index in [1.54, 1.807) is 0 Å². The molecule has 0 saturated heterocycles. The zero-order chi connectivity index (χ0) is 66.7. The maximum Gasteiger partial charge on any atom is 0.167 e. The van der Waals surface area contributed by atoms with Gasteiger partial charge in [0.15, 0.2) is 23.3 Å². The van der Waals surface area contributed by atoms with Crippen LogP contribution in [0, 0.1) is 0 Å². The number of aliphatic imine (C=N–C) groups is 2. The van der Waals surface area contributed by atoms with Crippen molar-refractivity contribution in [1.82, 2.24) is 20.3 Å². The average molecular weight is 1310 g/mol. The second-order valence-corrected chi connectivity index (χ2v) is 26.1. The van der Waals surface area contributed by atoms with Crippen molar-refractivity contribution in [2.24, 2.45) is 9.98 Å². The van der Waals surface area contributed by atoms with E-state index in [-0.39, 0.29) is 0 Å². The molecule has 12 heteroatoms. The summed E-state index contributed by atoms with van der Waals surface area (Å²) >= 11 is 0. The van der Waals surface area contributed by atoms with Crippen molar-refractivity contribution in [3.05, 3.63) is 308 Å². The number of para-hydroxylation sites is 7. The third-order valence-corrected chi connectivity index (χ3v) is 20.3. The molecule has 0 saturated carbocycles. The predicted molar refractivity (Wildman–Crippen MR) is 408 cm³/mol. The molecule has 21 aromatic rings. The first-order valence-corrected chi connectivity index (χ1v) is 33.9. The quantitative estimate of drug-likeness (QED) is 0.148. The maximum atomic E-state index is 7.01. The number of benzene rings is 14. The van der Waals surface area contributed by atoms with Gasteiger partial charge in [-0.15, -0.1) is 0 Å². The highest BCUT2D eigenvalue weighted by atomic mass is 16.3. The van der Waals surface area contributed by atoms with Gasteiger partial charge in [-0.2, -0.15) is 0 Å². The first kappa shape index (κ1) is 56.1. The maximum absolute atomic E-state index is 7.01. The molecule has 12 nitrogen and oxygen atoms in total. The lowest BCUT2D eigenvalue weighted by Gasteiger charge is -2.23. The van der Waals surface area contributed by atoms with Crippen LogP contribution < -0.4 is 5.32 Å². The summed E-state index contributed by atoms with van der Waals surface area (Å²) in [6.45, 7) is 0. The van der Waals surface area contributed by atoms with Crippen LogP contribution in [0.25, 0.3) is 199 Å². The van der Waals surface area contributed by atoms with E-state index in [0.29, 0.717) is 45.9 Å². The van der Waals surface area contributed by atoms with Crippen LogP contribution in [0.15, 0.2) is 328 Å². The van der Waals surface area contributed by atoms with Gasteiger partial charge in [0, 0.05) is 92.5 Å². The number of rotatable bonds is 9. The van der Waals surface area contributed by atoms with Crippen molar-refractivity contribution in [1.29, 1.82) is 0 Å². The van der Waals surface area contributed by atoms with E-state index in [4.69, 9.17) is 51.4 Å². The number of furan rings is 6. The average Bonchev–Trinajstić information content (AvgIpc) is 1.34. The summed E-state index contributed by atoms with van der Waals surface area (Å²) < 4.78 is 40.6. The number of nitrogens with one attached hydrogen (secondary N) is 1. The number of nitrogens with zero attached hydrogens (tertiary/aromatic N) is 5. The number of fused-ring (bicyclic) bond motifs is 18. The van der Waals surface area contributed by atoms with Gasteiger partial charge in [-0.3, -0.25) is 0 Å². The van der Waals surface area contributed by atoms with Gasteiger partial charge in [0.05, 0.1) is 16.7 Å². The lowest BCUT2D eigenvalue weighted by molar-refractivity contribution is 0.653. The third-order valence-electron chi connectivity index (χ3n) is 20.3. The zero-order valence-corrected chi connectivity index (χ0v) is 54.0.